The molecule has 6 nitrogen and oxygen atoms in total. The van der Waals surface area contributed by atoms with E-state index >= 15 is 0 Å². The molecule has 0 amide bonds. The lowest BCUT2D eigenvalue weighted by Crippen LogP contribution is -2.12. The number of aromatic nitrogens is 2. The van der Waals surface area contributed by atoms with Gasteiger partial charge in [0.15, 0.2) is 15.7 Å². The van der Waals surface area contributed by atoms with Gasteiger partial charge >= 0.3 is 0 Å². The number of nitrogens with two attached hydrogens (primary N) is 1. The SMILES string of the molecule is CS(=O)(=O)Cc1noc([C@@H](N)c2ccccc2)n1. The summed E-state index contributed by atoms with van der Waals surface area (Å²) in [4.78, 5) is 3.99. The van der Waals surface area contributed by atoms with Crippen LogP contribution >= 0.6 is 0 Å². The fourth-order valence-electron chi connectivity index (χ4n) is 1.49. The van der Waals surface area contributed by atoms with Gasteiger partial charge in [-0.1, -0.05) is 35.5 Å². The molecule has 0 aliphatic carbocycles. The Kier molecular flexibility index (Phi) is 3.44. The monoisotopic (exact) mass is 267 g/mol. The van der Waals surface area contributed by atoms with Crippen LogP contribution in [-0.4, -0.2) is 24.8 Å². The first-order chi connectivity index (χ1) is 8.46. The lowest BCUT2D eigenvalue weighted by atomic mass is 10.1. The third kappa shape index (κ3) is 3.14. The van der Waals surface area contributed by atoms with Gasteiger partial charge in [-0.15, -0.1) is 0 Å². The molecule has 0 aliphatic heterocycles. The molecular weight excluding hydrogens is 254 g/mol. The van der Waals surface area contributed by atoms with Crippen molar-refractivity contribution in [1.29, 1.82) is 0 Å². The molecule has 2 aromatic rings. The van der Waals surface area contributed by atoms with Gasteiger partial charge in [-0.05, 0) is 5.56 Å². The third-order valence-electron chi connectivity index (χ3n) is 2.30. The molecule has 0 unspecified atom stereocenters. The molecule has 0 bridgehead atoms. The minimum Gasteiger partial charge on any atom is -0.337 e. The van der Waals surface area contributed by atoms with Crippen molar-refractivity contribution in [3.8, 4) is 0 Å². The van der Waals surface area contributed by atoms with E-state index in [1.54, 1.807) is 0 Å². The summed E-state index contributed by atoms with van der Waals surface area (Å²) in [7, 11) is -3.18. The summed E-state index contributed by atoms with van der Waals surface area (Å²) in [5, 5.41) is 3.60. The van der Waals surface area contributed by atoms with Crippen molar-refractivity contribution in [2.45, 2.75) is 11.8 Å². The minimum atomic E-state index is -3.18. The molecule has 2 rings (SSSR count). The number of sulfone groups is 1. The maximum Gasteiger partial charge on any atom is 0.248 e. The maximum atomic E-state index is 11.1. The summed E-state index contributed by atoms with van der Waals surface area (Å²) in [6.07, 6.45) is 1.11. The Hall–Kier alpha value is -1.73. The van der Waals surface area contributed by atoms with E-state index in [4.69, 9.17) is 10.3 Å². The molecule has 0 fully saturated rings. The van der Waals surface area contributed by atoms with E-state index in [0.717, 1.165) is 11.8 Å². The van der Waals surface area contributed by atoms with Crippen LogP contribution in [-0.2, 0) is 15.6 Å². The largest absolute Gasteiger partial charge is 0.337 e. The molecule has 0 radical (unpaired) electrons. The number of hydrogen-bond acceptors (Lipinski definition) is 6. The smallest absolute Gasteiger partial charge is 0.248 e. The Morgan fingerprint density at radius 1 is 1.33 bits per heavy atom. The van der Waals surface area contributed by atoms with Gasteiger partial charge < -0.3 is 10.3 Å². The molecule has 1 heterocycles. The molecule has 7 heteroatoms. The molecule has 0 saturated carbocycles. The molecule has 0 aliphatic rings. The Labute approximate surface area is 105 Å². The summed E-state index contributed by atoms with van der Waals surface area (Å²) in [5.74, 6) is 0.0802. The van der Waals surface area contributed by atoms with Crippen molar-refractivity contribution >= 4 is 9.84 Å². The van der Waals surface area contributed by atoms with Gasteiger partial charge in [0.2, 0.25) is 5.89 Å². The van der Waals surface area contributed by atoms with Gasteiger partial charge in [0.1, 0.15) is 11.8 Å². The first-order valence-corrected chi connectivity index (χ1v) is 7.32. The van der Waals surface area contributed by atoms with Crippen LogP contribution in [0.4, 0.5) is 0 Å². The molecule has 18 heavy (non-hydrogen) atoms. The van der Waals surface area contributed by atoms with Crippen LogP contribution < -0.4 is 5.73 Å². The zero-order valence-electron chi connectivity index (χ0n) is 9.78. The zero-order valence-corrected chi connectivity index (χ0v) is 10.6. The van der Waals surface area contributed by atoms with E-state index in [1.807, 2.05) is 30.3 Å². The lowest BCUT2D eigenvalue weighted by Gasteiger charge is -2.05. The van der Waals surface area contributed by atoms with Crippen molar-refractivity contribution in [2.24, 2.45) is 5.73 Å². The number of rotatable bonds is 4. The van der Waals surface area contributed by atoms with Crippen LogP contribution in [0, 0.1) is 0 Å². The predicted octanol–water partition coefficient (Wildman–Crippen LogP) is 0.662. The van der Waals surface area contributed by atoms with E-state index in [0.29, 0.717) is 0 Å². The summed E-state index contributed by atoms with van der Waals surface area (Å²) >= 11 is 0. The molecule has 0 spiro atoms. The van der Waals surface area contributed by atoms with Crippen molar-refractivity contribution < 1.29 is 12.9 Å². The Bertz CT molecular complexity index is 622. The second-order valence-electron chi connectivity index (χ2n) is 4.01. The van der Waals surface area contributed by atoms with Gasteiger partial charge in [-0.25, -0.2) is 8.42 Å². The highest BCUT2D eigenvalue weighted by Crippen LogP contribution is 2.17. The molecule has 1 aromatic carbocycles. The van der Waals surface area contributed by atoms with Crippen LogP contribution in [0.1, 0.15) is 23.3 Å². The van der Waals surface area contributed by atoms with Crippen molar-refractivity contribution in [2.75, 3.05) is 6.26 Å². The summed E-state index contributed by atoms with van der Waals surface area (Å²) in [6, 6.07) is 8.70. The van der Waals surface area contributed by atoms with Crippen LogP contribution in [0.15, 0.2) is 34.9 Å². The Balaban J connectivity index is 2.20. The van der Waals surface area contributed by atoms with E-state index < -0.39 is 15.9 Å². The Morgan fingerprint density at radius 3 is 2.61 bits per heavy atom. The van der Waals surface area contributed by atoms with Crippen LogP contribution in [0.25, 0.3) is 0 Å². The molecule has 2 N–H and O–H groups in total. The summed E-state index contributed by atoms with van der Waals surface area (Å²) < 4.78 is 27.2. The number of benzene rings is 1. The topological polar surface area (TPSA) is 99.1 Å². The van der Waals surface area contributed by atoms with Gasteiger partial charge in [0, 0.05) is 6.26 Å². The first-order valence-electron chi connectivity index (χ1n) is 5.26. The van der Waals surface area contributed by atoms with Crippen molar-refractivity contribution in [3.63, 3.8) is 0 Å². The summed E-state index contributed by atoms with van der Waals surface area (Å²) in [6.45, 7) is 0. The van der Waals surface area contributed by atoms with Crippen LogP contribution in [0.2, 0.25) is 0 Å². The standard InChI is InChI=1S/C11H13N3O3S/c1-18(15,16)7-9-13-11(17-14-9)10(12)8-5-3-2-4-6-8/h2-6,10H,7,12H2,1H3/t10-/m0/s1. The highest BCUT2D eigenvalue weighted by atomic mass is 32.2. The second kappa shape index (κ2) is 4.87. The molecule has 96 valence electrons. The van der Waals surface area contributed by atoms with Gasteiger partial charge in [0.25, 0.3) is 0 Å². The first kappa shape index (κ1) is 12.7. The van der Waals surface area contributed by atoms with Crippen LogP contribution in [0.5, 0.6) is 0 Å². The van der Waals surface area contributed by atoms with Crippen molar-refractivity contribution in [1.82, 2.24) is 10.1 Å². The quantitative estimate of drug-likeness (QED) is 0.873. The normalized spacial score (nSPS) is 13.4. The number of nitrogens with zero attached hydrogens (tertiary/aromatic N) is 2. The molecule has 1 atom stereocenters. The van der Waals surface area contributed by atoms with Gasteiger partial charge in [-0.2, -0.15) is 4.98 Å². The minimum absolute atomic E-state index is 0.124. The zero-order chi connectivity index (χ0) is 13.2. The van der Waals surface area contributed by atoms with E-state index in [-0.39, 0.29) is 17.5 Å². The highest BCUT2D eigenvalue weighted by molar-refractivity contribution is 7.89. The average Bonchev–Trinajstić information content (AvgIpc) is 2.75. The Morgan fingerprint density at radius 2 is 2.00 bits per heavy atom. The fourth-order valence-corrected chi connectivity index (χ4v) is 2.08. The predicted molar refractivity (Wildman–Crippen MR) is 65.3 cm³/mol. The highest BCUT2D eigenvalue weighted by Gasteiger charge is 2.18. The maximum absolute atomic E-state index is 11.1. The average molecular weight is 267 g/mol. The van der Waals surface area contributed by atoms with Crippen LogP contribution in [0.3, 0.4) is 0 Å². The molecular formula is C11H13N3O3S. The van der Waals surface area contributed by atoms with Gasteiger partial charge in [0.05, 0.1) is 0 Å². The lowest BCUT2D eigenvalue weighted by molar-refractivity contribution is 0.363. The molecule has 0 saturated heterocycles. The number of hydrogen-bond donors (Lipinski definition) is 1. The fraction of sp³-hybridized carbons (Fsp3) is 0.273. The summed E-state index contributed by atoms with van der Waals surface area (Å²) in [5.41, 5.74) is 6.77. The van der Waals surface area contributed by atoms with Gasteiger partial charge in [-0.3, -0.25) is 0 Å². The van der Waals surface area contributed by atoms with Crippen molar-refractivity contribution in [3.05, 3.63) is 47.6 Å². The van der Waals surface area contributed by atoms with E-state index in [2.05, 4.69) is 10.1 Å². The molecule has 1 aromatic heterocycles. The third-order valence-corrected chi connectivity index (χ3v) is 3.08. The second-order valence-corrected chi connectivity index (χ2v) is 6.15. The van der Waals surface area contributed by atoms with E-state index in [9.17, 15) is 8.42 Å². The van der Waals surface area contributed by atoms with E-state index in [1.165, 1.54) is 0 Å².